The van der Waals surface area contributed by atoms with E-state index in [0.29, 0.717) is 24.6 Å². The van der Waals surface area contributed by atoms with Crippen molar-refractivity contribution in [2.75, 3.05) is 52.9 Å². The topological polar surface area (TPSA) is 150 Å². The third kappa shape index (κ3) is 14.0. The molecule has 0 radical (unpaired) electrons. The third-order valence-electron chi connectivity index (χ3n) is 12.2. The smallest absolute Gasteiger partial charge is 0.444 e. The fourth-order valence-electron chi connectivity index (χ4n) is 8.74. The largest absolute Gasteiger partial charge is 0.507 e. The van der Waals surface area contributed by atoms with E-state index in [1.54, 1.807) is 4.90 Å². The van der Waals surface area contributed by atoms with Gasteiger partial charge in [-0.2, -0.15) is 0 Å². The summed E-state index contributed by atoms with van der Waals surface area (Å²) in [5.74, 6) is -1.44. The number of carboxylic acids is 2. The summed E-state index contributed by atoms with van der Waals surface area (Å²) in [6.07, 6.45) is 15.2. The number of benzene rings is 3. The summed E-state index contributed by atoms with van der Waals surface area (Å²) in [4.78, 5) is 31.9. The molecule has 1 fully saturated rings. The Morgan fingerprint density at radius 1 is 0.710 bits per heavy atom. The standard InChI is InChI=1S/C48H67N5O2.C2H2O4.Cr/c1-47(2,3)42-29-38-17-10-14-35-19-20-36(37(28-35)15-8-9-24-52-26-13-27-53-25-12-23-51(7)46(52)53)16-11-18-39-30-43(48(4,5)6)32-41(45(39)55)34-50-22-21-49-33-40(31-42)44(38)54;3-1(4)2(5)6;/h19-20,28-34H,8-18,21-27H2,1-7H3,(H-,49,50,54,55);(H,3,4)(H,5,6);/p+2. The predicted octanol–water partition coefficient (Wildman–Crippen LogP) is 6.36. The van der Waals surface area contributed by atoms with Gasteiger partial charge in [0.25, 0.3) is 0 Å². The number of fused-ring (bicyclic) bond motifs is 10. The Balaban J connectivity index is 0.00000113. The van der Waals surface area contributed by atoms with Gasteiger partial charge in [-0.3, -0.25) is 9.98 Å². The number of guanidine groups is 1. The number of aliphatic imine (C=N–C) groups is 2. The number of nitrogens with zero attached hydrogens (tertiary/aromatic N) is 4. The van der Waals surface area contributed by atoms with Crippen LogP contribution in [0.4, 0.5) is 0 Å². The molecular weight excluding hydrogens is 819 g/mol. The number of quaternary nitrogens is 1. The molecule has 12 heteroatoms. The maximum absolute atomic E-state index is 11.5. The van der Waals surface area contributed by atoms with Gasteiger partial charge in [0, 0.05) is 53.8 Å². The molecular formula is C50H71CrN5O6+2. The van der Waals surface area contributed by atoms with Crippen molar-refractivity contribution in [2.45, 2.75) is 123 Å². The Bertz CT molecular complexity index is 2100. The fourth-order valence-corrected chi connectivity index (χ4v) is 8.74. The quantitative estimate of drug-likeness (QED) is 0.114. The van der Waals surface area contributed by atoms with E-state index in [-0.39, 0.29) is 28.2 Å². The van der Waals surface area contributed by atoms with E-state index in [1.807, 2.05) is 12.4 Å². The van der Waals surface area contributed by atoms with Crippen molar-refractivity contribution >= 4 is 30.3 Å². The molecule has 0 aromatic heterocycles. The summed E-state index contributed by atoms with van der Waals surface area (Å²) in [6.45, 7) is 20.4. The molecule has 4 heterocycles. The van der Waals surface area contributed by atoms with Gasteiger partial charge in [0.05, 0.1) is 52.9 Å². The molecule has 7 rings (SSSR count). The zero-order valence-electron chi connectivity index (χ0n) is 38.2. The third-order valence-corrected chi connectivity index (χ3v) is 12.2. The van der Waals surface area contributed by atoms with Crippen molar-refractivity contribution in [3.05, 3.63) is 92.5 Å². The Kier molecular flexibility index (Phi) is 18.4. The first-order chi connectivity index (χ1) is 28.9. The van der Waals surface area contributed by atoms with E-state index in [2.05, 4.69) is 106 Å². The molecule has 5 N–H and O–H groups in total. The van der Waals surface area contributed by atoms with Gasteiger partial charge in [0.2, 0.25) is 0 Å². The molecule has 6 bridgehead atoms. The van der Waals surface area contributed by atoms with Crippen molar-refractivity contribution in [2.24, 2.45) is 9.98 Å². The molecule has 11 nitrogen and oxygen atoms in total. The second-order valence-corrected chi connectivity index (χ2v) is 19.1. The Morgan fingerprint density at radius 3 is 1.79 bits per heavy atom. The first kappa shape index (κ1) is 50.2. The minimum atomic E-state index is -1.82. The number of unbranched alkanes of at least 4 members (excludes halogenated alkanes) is 1. The second-order valence-electron chi connectivity index (χ2n) is 19.1. The zero-order valence-corrected chi connectivity index (χ0v) is 39.5. The van der Waals surface area contributed by atoms with Crippen LogP contribution in [0.3, 0.4) is 0 Å². The molecule has 1 atom stereocenters. The number of hydrogen-bond donors (Lipinski definition) is 5. The normalized spacial score (nSPS) is 17.5. The van der Waals surface area contributed by atoms with Crippen LogP contribution in [0.15, 0.2) is 52.4 Å². The van der Waals surface area contributed by atoms with Gasteiger partial charge in [-0.15, -0.1) is 0 Å². The Labute approximate surface area is 380 Å². The zero-order chi connectivity index (χ0) is 44.3. The molecule has 3 aromatic carbocycles. The molecule has 1 saturated heterocycles. The van der Waals surface area contributed by atoms with Gasteiger partial charge in [-0.25, -0.2) is 24.0 Å². The van der Waals surface area contributed by atoms with E-state index >= 15 is 0 Å². The molecule has 0 amide bonds. The summed E-state index contributed by atoms with van der Waals surface area (Å²) in [7, 11) is 2.28. The maximum atomic E-state index is 11.5. The van der Waals surface area contributed by atoms with E-state index in [0.717, 1.165) is 67.2 Å². The molecule has 3 aromatic rings. The Hall–Kier alpha value is -4.50. The van der Waals surface area contributed by atoms with Crippen LogP contribution < -0.4 is 4.90 Å². The van der Waals surface area contributed by atoms with Crippen molar-refractivity contribution in [1.82, 2.24) is 4.90 Å². The first-order valence-electron chi connectivity index (χ1n) is 22.4. The van der Waals surface area contributed by atoms with Gasteiger partial charge in [-0.1, -0.05) is 71.9 Å². The number of phenolic OH excluding ortho intramolecular Hbond substituents is 2. The average Bonchev–Trinajstić information content (AvgIpc) is 3.19. The van der Waals surface area contributed by atoms with Gasteiger partial charge < -0.3 is 20.4 Å². The number of hydrogen-bond acceptors (Lipinski definition) is 7. The predicted molar refractivity (Wildman–Crippen MR) is 245 cm³/mol. The van der Waals surface area contributed by atoms with Crippen molar-refractivity contribution in [1.29, 1.82) is 0 Å². The van der Waals surface area contributed by atoms with Gasteiger partial charge in [0.15, 0.2) is 0 Å². The number of carbonyl (C=O) groups is 2. The molecule has 0 spiro atoms. The van der Waals surface area contributed by atoms with Crippen LogP contribution in [0, 0.1) is 0 Å². The molecule has 336 valence electrons. The number of rotatable bonds is 5. The van der Waals surface area contributed by atoms with Crippen LogP contribution in [-0.2, 0) is 69.9 Å². The SMILES string of the molecule is C[N+]1=C2N(CCC1)CCC[NH+]2CCCCc1cc2ccc1CCCc1cc(C(C)(C)C)cc(c1O)C=NCCN=Cc1cc(C(C)(C)C)cc(c1O)CCC2.O=C(O)C(=O)O.[Cr]. The monoisotopic (exact) mass is 889 g/mol. The minimum absolute atomic E-state index is 0. The minimum Gasteiger partial charge on any atom is -0.507 e. The number of carboxylic acid groups (broad SMARTS) is 2. The molecule has 0 saturated carbocycles. The van der Waals surface area contributed by atoms with Gasteiger partial charge in [-0.05, 0) is 120 Å². The molecule has 62 heavy (non-hydrogen) atoms. The van der Waals surface area contributed by atoms with Crippen LogP contribution >= 0.6 is 0 Å². The second kappa shape index (κ2) is 22.7. The number of nitrogens with one attached hydrogen (secondary N) is 1. The molecule has 4 aliphatic rings. The number of phenols is 2. The van der Waals surface area contributed by atoms with Gasteiger partial charge in [0.1, 0.15) is 11.5 Å². The average molecular weight is 890 g/mol. The van der Waals surface area contributed by atoms with E-state index in [4.69, 9.17) is 24.8 Å². The molecule has 1 unspecified atom stereocenters. The molecule has 0 aliphatic carbocycles. The van der Waals surface area contributed by atoms with Gasteiger partial charge >= 0.3 is 17.9 Å². The summed E-state index contributed by atoms with van der Waals surface area (Å²) >= 11 is 0. The van der Waals surface area contributed by atoms with Crippen LogP contribution in [-0.4, -0.2) is 113 Å². The summed E-state index contributed by atoms with van der Waals surface area (Å²) in [5, 5.41) is 37.7. The van der Waals surface area contributed by atoms with Crippen LogP contribution in [0.1, 0.15) is 130 Å². The van der Waals surface area contributed by atoms with Crippen LogP contribution in [0.2, 0.25) is 0 Å². The Morgan fingerprint density at radius 2 is 1.24 bits per heavy atom. The van der Waals surface area contributed by atoms with Crippen LogP contribution in [0.25, 0.3) is 0 Å². The summed E-state index contributed by atoms with van der Waals surface area (Å²) in [5.41, 5.74) is 10.2. The van der Waals surface area contributed by atoms with Crippen LogP contribution in [0.5, 0.6) is 11.5 Å². The first-order valence-corrected chi connectivity index (χ1v) is 22.4. The molecule has 4 aliphatic heterocycles. The maximum Gasteiger partial charge on any atom is 0.444 e. The summed E-state index contributed by atoms with van der Waals surface area (Å²) < 4.78 is 2.51. The fraction of sp³-hybridized carbons (Fsp3) is 0.540. The number of aromatic hydroxyl groups is 2. The van der Waals surface area contributed by atoms with E-state index in [9.17, 15) is 10.2 Å². The number of aryl methyl sites for hydroxylation is 5. The van der Waals surface area contributed by atoms with E-state index in [1.165, 1.54) is 92.2 Å². The van der Waals surface area contributed by atoms with E-state index < -0.39 is 11.9 Å². The summed E-state index contributed by atoms with van der Waals surface area (Å²) in [6, 6.07) is 15.8. The number of aliphatic carboxylic acids is 2. The van der Waals surface area contributed by atoms with Crippen molar-refractivity contribution in [3.8, 4) is 11.5 Å². The van der Waals surface area contributed by atoms with Crippen molar-refractivity contribution < 1.29 is 56.9 Å². The van der Waals surface area contributed by atoms with Crippen molar-refractivity contribution in [3.63, 3.8) is 0 Å².